The van der Waals surface area contributed by atoms with Crippen molar-refractivity contribution in [2.45, 2.75) is 0 Å². The Morgan fingerprint density at radius 1 is 1.12 bits per heavy atom. The van der Waals surface area contributed by atoms with Crippen LogP contribution in [0.4, 0.5) is 0 Å². The van der Waals surface area contributed by atoms with Gasteiger partial charge in [-0.05, 0) is 12.1 Å². The number of benzene rings is 1. The van der Waals surface area contributed by atoms with Gasteiger partial charge in [-0.25, -0.2) is 15.7 Å². The quantitative estimate of drug-likeness (QED) is 0.786. The number of aromatic carboxylic acids is 2. The lowest BCUT2D eigenvalue weighted by molar-refractivity contribution is 0.0694. The third kappa shape index (κ3) is 2.70. The van der Waals surface area contributed by atoms with Gasteiger partial charge in [0.2, 0.25) is 0 Å². The van der Waals surface area contributed by atoms with Gasteiger partial charge in [-0.2, -0.15) is 0 Å². The topological polar surface area (TPSA) is 118 Å². The number of carboxylic acid groups (broad SMARTS) is 2. The van der Waals surface area contributed by atoms with Gasteiger partial charge in [0.1, 0.15) is 9.32 Å². The molecule has 0 heterocycles. The molecule has 1 aromatic carbocycles. The number of rotatable bonds is 4. The predicted molar refractivity (Wildman–Crippen MR) is 61.0 cm³/mol. The highest BCUT2D eigenvalue weighted by atomic mass is 127. The molecular formula is C9H7IO7. The summed E-state index contributed by atoms with van der Waals surface area (Å²) in [7, 11) is 1.22. The molecule has 1 aromatic rings. The van der Waals surface area contributed by atoms with Crippen molar-refractivity contribution in [2.75, 3.05) is 7.11 Å². The fraction of sp³-hybridized carbons (Fsp3) is 0.111. The van der Waals surface area contributed by atoms with Crippen molar-refractivity contribution in [2.24, 2.45) is 0 Å². The van der Waals surface area contributed by atoms with E-state index in [-0.39, 0.29) is 5.75 Å². The van der Waals surface area contributed by atoms with Crippen LogP contribution in [0.3, 0.4) is 0 Å². The van der Waals surface area contributed by atoms with Crippen LogP contribution >= 0.6 is 19.8 Å². The molecule has 2 N–H and O–H groups in total. The Morgan fingerprint density at radius 3 is 1.76 bits per heavy atom. The van der Waals surface area contributed by atoms with Crippen LogP contribution < -0.4 is 4.74 Å². The van der Waals surface area contributed by atoms with Crippen LogP contribution in [0.2, 0.25) is 0 Å². The standard InChI is InChI=1S/C9H7IO7/c1-17-4-2-5(8(11)12)7(10(15)16)6(3-4)9(13)14/h2-3H,1H3,(H,11,12)(H,13,14). The van der Waals surface area contributed by atoms with E-state index in [9.17, 15) is 15.7 Å². The average Bonchev–Trinajstić information content (AvgIpc) is 2.26. The van der Waals surface area contributed by atoms with Gasteiger partial charge < -0.3 is 14.9 Å². The van der Waals surface area contributed by atoms with E-state index in [1.54, 1.807) is 0 Å². The summed E-state index contributed by atoms with van der Waals surface area (Å²) in [5, 5.41) is 17.7. The molecule has 0 fully saturated rings. The largest absolute Gasteiger partial charge is 0.497 e. The monoisotopic (exact) mass is 354 g/mol. The molecule has 0 unspecified atom stereocenters. The highest BCUT2D eigenvalue weighted by molar-refractivity contribution is 14.2. The summed E-state index contributed by atoms with van der Waals surface area (Å²) in [4.78, 5) is 21.7. The van der Waals surface area contributed by atoms with Gasteiger partial charge in [0.15, 0.2) is 0 Å². The Hall–Kier alpha value is -1.71. The van der Waals surface area contributed by atoms with E-state index >= 15 is 0 Å². The molecule has 0 aliphatic rings. The van der Waals surface area contributed by atoms with E-state index in [1.807, 2.05) is 0 Å². The van der Waals surface area contributed by atoms with E-state index in [0.29, 0.717) is 0 Å². The highest BCUT2D eigenvalue weighted by Crippen LogP contribution is 2.30. The van der Waals surface area contributed by atoms with Crippen molar-refractivity contribution in [1.29, 1.82) is 0 Å². The minimum atomic E-state index is -4.24. The van der Waals surface area contributed by atoms with Crippen molar-refractivity contribution in [3.05, 3.63) is 26.8 Å². The zero-order chi connectivity index (χ0) is 13.2. The van der Waals surface area contributed by atoms with E-state index in [1.165, 1.54) is 7.11 Å². The summed E-state index contributed by atoms with van der Waals surface area (Å²) in [6.45, 7) is 0. The highest BCUT2D eigenvalue weighted by Gasteiger charge is 2.24. The zero-order valence-corrected chi connectivity index (χ0v) is 10.6. The third-order valence-corrected chi connectivity index (χ3v) is 3.94. The van der Waals surface area contributed by atoms with Crippen molar-refractivity contribution in [3.8, 4) is 5.75 Å². The van der Waals surface area contributed by atoms with E-state index < -0.39 is 46.4 Å². The second-order valence-corrected chi connectivity index (χ2v) is 5.18. The Kier molecular flexibility index (Phi) is 3.99. The first-order valence-corrected chi connectivity index (χ1v) is 6.96. The minimum Gasteiger partial charge on any atom is -0.497 e. The first-order valence-electron chi connectivity index (χ1n) is 4.12. The Balaban J connectivity index is 3.73. The number of hydrogen-bond donors (Lipinski definition) is 2. The summed E-state index contributed by atoms with van der Waals surface area (Å²) < 4.78 is 26.1. The summed E-state index contributed by atoms with van der Waals surface area (Å²) in [6.07, 6.45) is 0. The van der Waals surface area contributed by atoms with Crippen molar-refractivity contribution < 1.29 is 30.7 Å². The smallest absolute Gasteiger partial charge is 0.342 e. The lowest BCUT2D eigenvalue weighted by atomic mass is 10.1. The molecule has 0 saturated heterocycles. The third-order valence-electron chi connectivity index (χ3n) is 1.90. The fourth-order valence-electron chi connectivity index (χ4n) is 1.19. The number of carbonyl (C=O) groups is 2. The van der Waals surface area contributed by atoms with E-state index in [4.69, 9.17) is 14.9 Å². The first kappa shape index (κ1) is 13.4. The average molecular weight is 354 g/mol. The number of halogens is 1. The van der Waals surface area contributed by atoms with Crippen LogP contribution in [0.25, 0.3) is 0 Å². The summed E-state index contributed by atoms with van der Waals surface area (Å²) in [6, 6.07) is 1.95. The molecule has 0 saturated carbocycles. The zero-order valence-electron chi connectivity index (χ0n) is 8.47. The van der Waals surface area contributed by atoms with Crippen molar-refractivity contribution in [3.63, 3.8) is 0 Å². The molecule has 0 amide bonds. The minimum absolute atomic E-state index is 0.0266. The van der Waals surface area contributed by atoms with Gasteiger partial charge in [-0.15, -0.1) is 0 Å². The molecule has 0 spiro atoms. The molecule has 8 heteroatoms. The van der Waals surface area contributed by atoms with Crippen LogP contribution in [0.5, 0.6) is 5.75 Å². The summed E-state index contributed by atoms with van der Waals surface area (Å²) >= 11 is -4.24. The normalized spacial score (nSPS) is 10.2. The van der Waals surface area contributed by atoms with E-state index in [0.717, 1.165) is 12.1 Å². The van der Waals surface area contributed by atoms with Gasteiger partial charge in [0.05, 0.1) is 18.2 Å². The number of methoxy groups -OCH3 is 1. The van der Waals surface area contributed by atoms with Gasteiger partial charge in [-0.1, -0.05) is 0 Å². The molecular weight excluding hydrogens is 347 g/mol. The van der Waals surface area contributed by atoms with Crippen LogP contribution in [-0.4, -0.2) is 29.3 Å². The van der Waals surface area contributed by atoms with Crippen molar-refractivity contribution >= 4 is 31.7 Å². The molecule has 0 aliphatic heterocycles. The van der Waals surface area contributed by atoms with Crippen LogP contribution in [0, 0.1) is 3.57 Å². The summed E-state index contributed by atoms with van der Waals surface area (Å²) in [5.41, 5.74) is -1.17. The Bertz CT molecular complexity index is 515. The molecule has 0 bridgehead atoms. The number of ether oxygens (including phenoxy) is 1. The lowest BCUT2D eigenvalue weighted by Gasteiger charge is -2.06. The van der Waals surface area contributed by atoms with Gasteiger partial charge in [0.25, 0.3) is 0 Å². The van der Waals surface area contributed by atoms with Crippen LogP contribution in [0.1, 0.15) is 20.7 Å². The maximum Gasteiger partial charge on any atom is 0.342 e. The Morgan fingerprint density at radius 2 is 1.53 bits per heavy atom. The van der Waals surface area contributed by atoms with E-state index in [2.05, 4.69) is 0 Å². The first-order chi connectivity index (χ1) is 7.88. The maximum absolute atomic E-state index is 11.0. The molecule has 0 radical (unpaired) electrons. The molecule has 0 aromatic heterocycles. The molecule has 0 atom stereocenters. The Labute approximate surface area is 102 Å². The molecule has 0 aliphatic carbocycles. The molecule has 1 rings (SSSR count). The van der Waals surface area contributed by atoms with Crippen LogP contribution in [-0.2, 0) is 6.14 Å². The van der Waals surface area contributed by atoms with Crippen molar-refractivity contribution in [1.82, 2.24) is 0 Å². The number of hydrogen-bond acceptors (Lipinski definition) is 5. The molecule has 7 nitrogen and oxygen atoms in total. The lowest BCUT2D eigenvalue weighted by Crippen LogP contribution is -2.08. The van der Waals surface area contributed by atoms with Gasteiger partial charge in [0, 0.05) is 0 Å². The molecule has 92 valence electrons. The second kappa shape index (κ2) is 5.08. The SMILES string of the molecule is COc1cc(C(=O)O)c(I(=O)=O)c(C(=O)O)c1. The van der Waals surface area contributed by atoms with Gasteiger partial charge >= 0.3 is 31.7 Å². The number of carboxylic acids is 2. The second-order valence-electron chi connectivity index (χ2n) is 2.86. The maximum atomic E-state index is 11.0. The molecule has 17 heavy (non-hydrogen) atoms. The fourth-order valence-corrected chi connectivity index (χ4v) is 2.92. The predicted octanol–water partition coefficient (Wildman–Crippen LogP) is 1.46. The van der Waals surface area contributed by atoms with Gasteiger partial charge in [-0.3, -0.25) is 0 Å². The summed E-state index contributed by atoms with van der Waals surface area (Å²) in [5.74, 6) is -3.06. The van der Waals surface area contributed by atoms with Crippen LogP contribution in [0.15, 0.2) is 12.1 Å².